The summed E-state index contributed by atoms with van der Waals surface area (Å²) in [6.07, 6.45) is 5.17. The monoisotopic (exact) mass is 253 g/mol. The molecule has 0 bridgehead atoms. The number of nitrogens with one attached hydrogen (secondary N) is 1. The Kier molecular flexibility index (Phi) is 6.43. The SMILES string of the molecule is CCCNC(CC(=O)OCC)c1cnn(CC)c1. The Morgan fingerprint density at radius 1 is 1.50 bits per heavy atom. The maximum Gasteiger partial charge on any atom is 0.307 e. The number of hydrogen-bond donors (Lipinski definition) is 1. The van der Waals surface area contributed by atoms with Crippen LogP contribution in [0.2, 0.25) is 0 Å². The average Bonchev–Trinajstić information content (AvgIpc) is 2.83. The van der Waals surface area contributed by atoms with Crippen molar-refractivity contribution < 1.29 is 9.53 Å². The molecule has 1 aromatic rings. The van der Waals surface area contributed by atoms with E-state index in [0.29, 0.717) is 13.0 Å². The second kappa shape index (κ2) is 7.87. The molecule has 0 saturated carbocycles. The van der Waals surface area contributed by atoms with E-state index in [0.717, 1.165) is 25.1 Å². The van der Waals surface area contributed by atoms with Crippen molar-refractivity contribution in [2.75, 3.05) is 13.2 Å². The Labute approximate surface area is 109 Å². The molecule has 0 aliphatic carbocycles. The van der Waals surface area contributed by atoms with E-state index >= 15 is 0 Å². The van der Waals surface area contributed by atoms with Crippen molar-refractivity contribution in [1.82, 2.24) is 15.1 Å². The summed E-state index contributed by atoms with van der Waals surface area (Å²) in [5, 5.41) is 7.60. The number of nitrogens with zero attached hydrogens (tertiary/aromatic N) is 2. The summed E-state index contributed by atoms with van der Waals surface area (Å²) < 4.78 is 6.86. The fourth-order valence-electron chi connectivity index (χ4n) is 1.75. The molecule has 0 spiro atoms. The predicted octanol–water partition coefficient (Wildman–Crippen LogP) is 1.90. The lowest BCUT2D eigenvalue weighted by molar-refractivity contribution is -0.143. The molecule has 0 aliphatic heterocycles. The van der Waals surface area contributed by atoms with Gasteiger partial charge >= 0.3 is 5.97 Å². The number of ether oxygens (including phenoxy) is 1. The second-order valence-electron chi connectivity index (χ2n) is 4.15. The summed E-state index contributed by atoms with van der Waals surface area (Å²) >= 11 is 0. The van der Waals surface area contributed by atoms with Crippen LogP contribution < -0.4 is 5.32 Å². The zero-order chi connectivity index (χ0) is 13.4. The molecule has 1 aromatic heterocycles. The highest BCUT2D eigenvalue weighted by molar-refractivity contribution is 5.70. The zero-order valence-electron chi connectivity index (χ0n) is 11.5. The van der Waals surface area contributed by atoms with Gasteiger partial charge in [-0.1, -0.05) is 6.92 Å². The molecule has 1 atom stereocenters. The van der Waals surface area contributed by atoms with Crippen LogP contribution in [0.25, 0.3) is 0 Å². The highest BCUT2D eigenvalue weighted by Crippen LogP contribution is 2.17. The molecule has 1 heterocycles. The Hall–Kier alpha value is -1.36. The molecule has 0 amide bonds. The summed E-state index contributed by atoms with van der Waals surface area (Å²) in [6.45, 7) is 8.09. The largest absolute Gasteiger partial charge is 0.466 e. The summed E-state index contributed by atoms with van der Waals surface area (Å²) in [6, 6.07) is -0.00991. The number of esters is 1. The Bertz CT molecular complexity index is 363. The van der Waals surface area contributed by atoms with Crippen molar-refractivity contribution in [3.63, 3.8) is 0 Å². The van der Waals surface area contributed by atoms with Crippen LogP contribution in [0, 0.1) is 0 Å². The molecule has 0 aromatic carbocycles. The third kappa shape index (κ3) is 4.49. The van der Waals surface area contributed by atoms with Gasteiger partial charge in [0.1, 0.15) is 0 Å². The number of hydrogen-bond acceptors (Lipinski definition) is 4. The zero-order valence-corrected chi connectivity index (χ0v) is 11.5. The first-order valence-electron chi connectivity index (χ1n) is 6.62. The van der Waals surface area contributed by atoms with Gasteiger partial charge in [0.05, 0.1) is 19.2 Å². The Balaban J connectivity index is 2.67. The van der Waals surface area contributed by atoms with Crippen LogP contribution in [0.1, 0.15) is 45.2 Å². The summed E-state index contributed by atoms with van der Waals surface area (Å²) in [5.41, 5.74) is 1.04. The molecular weight excluding hydrogens is 230 g/mol. The van der Waals surface area contributed by atoms with Crippen molar-refractivity contribution in [2.24, 2.45) is 0 Å². The third-order valence-electron chi connectivity index (χ3n) is 2.70. The molecule has 1 unspecified atom stereocenters. The second-order valence-corrected chi connectivity index (χ2v) is 4.15. The van der Waals surface area contributed by atoms with E-state index in [1.54, 1.807) is 0 Å². The lowest BCUT2D eigenvalue weighted by atomic mass is 10.1. The van der Waals surface area contributed by atoms with Gasteiger partial charge in [-0.25, -0.2) is 0 Å². The van der Waals surface area contributed by atoms with E-state index in [1.807, 2.05) is 30.9 Å². The van der Waals surface area contributed by atoms with Crippen LogP contribution >= 0.6 is 0 Å². The van der Waals surface area contributed by atoms with E-state index in [1.165, 1.54) is 0 Å². The van der Waals surface area contributed by atoms with Gasteiger partial charge in [-0.15, -0.1) is 0 Å². The highest BCUT2D eigenvalue weighted by atomic mass is 16.5. The molecule has 1 rings (SSSR count). The first-order chi connectivity index (χ1) is 8.71. The van der Waals surface area contributed by atoms with Gasteiger partial charge in [0.2, 0.25) is 0 Å². The van der Waals surface area contributed by atoms with E-state index in [9.17, 15) is 4.79 Å². The highest BCUT2D eigenvalue weighted by Gasteiger charge is 2.17. The molecular formula is C13H23N3O2. The van der Waals surface area contributed by atoms with Crippen molar-refractivity contribution in [1.29, 1.82) is 0 Å². The van der Waals surface area contributed by atoms with Gasteiger partial charge in [0.15, 0.2) is 0 Å². The fourth-order valence-corrected chi connectivity index (χ4v) is 1.75. The van der Waals surface area contributed by atoms with Crippen LogP contribution in [0.15, 0.2) is 12.4 Å². The third-order valence-corrected chi connectivity index (χ3v) is 2.70. The van der Waals surface area contributed by atoms with Crippen LogP contribution in [0.4, 0.5) is 0 Å². The lowest BCUT2D eigenvalue weighted by Crippen LogP contribution is -2.25. The molecule has 0 fully saturated rings. The number of rotatable bonds is 8. The van der Waals surface area contributed by atoms with E-state index < -0.39 is 0 Å². The molecule has 18 heavy (non-hydrogen) atoms. The molecule has 0 aliphatic rings. The van der Waals surface area contributed by atoms with Gasteiger partial charge in [-0.2, -0.15) is 5.10 Å². The van der Waals surface area contributed by atoms with Gasteiger partial charge in [-0.3, -0.25) is 9.48 Å². The summed E-state index contributed by atoms with van der Waals surface area (Å²) in [7, 11) is 0. The predicted molar refractivity (Wildman–Crippen MR) is 70.2 cm³/mol. The van der Waals surface area contributed by atoms with Crippen molar-refractivity contribution >= 4 is 5.97 Å². The van der Waals surface area contributed by atoms with Gasteiger partial charge < -0.3 is 10.1 Å². The van der Waals surface area contributed by atoms with Crippen LogP contribution in [0.5, 0.6) is 0 Å². The minimum Gasteiger partial charge on any atom is -0.466 e. The van der Waals surface area contributed by atoms with Crippen molar-refractivity contribution in [3.8, 4) is 0 Å². The standard InChI is InChI=1S/C13H23N3O2/c1-4-7-14-12(8-13(17)18-6-3)11-9-15-16(5-2)10-11/h9-10,12,14H,4-8H2,1-3H3. The van der Waals surface area contributed by atoms with Crippen molar-refractivity contribution in [3.05, 3.63) is 18.0 Å². The van der Waals surface area contributed by atoms with Gasteiger partial charge in [-0.05, 0) is 26.8 Å². The van der Waals surface area contributed by atoms with E-state index in [2.05, 4.69) is 17.3 Å². The topological polar surface area (TPSA) is 56.1 Å². The molecule has 0 radical (unpaired) electrons. The quantitative estimate of drug-likeness (QED) is 0.719. The average molecular weight is 253 g/mol. The smallest absolute Gasteiger partial charge is 0.307 e. The van der Waals surface area contributed by atoms with Crippen LogP contribution in [0.3, 0.4) is 0 Å². The molecule has 0 saturated heterocycles. The number of carbonyl (C=O) groups excluding carboxylic acids is 1. The molecule has 102 valence electrons. The number of aromatic nitrogens is 2. The van der Waals surface area contributed by atoms with Gasteiger partial charge in [0.25, 0.3) is 0 Å². The Morgan fingerprint density at radius 2 is 2.28 bits per heavy atom. The Morgan fingerprint density at radius 3 is 2.83 bits per heavy atom. The molecule has 1 N–H and O–H groups in total. The number of carbonyl (C=O) groups is 1. The van der Waals surface area contributed by atoms with E-state index in [-0.39, 0.29) is 12.0 Å². The maximum absolute atomic E-state index is 11.6. The van der Waals surface area contributed by atoms with E-state index in [4.69, 9.17) is 4.74 Å². The first kappa shape index (κ1) is 14.7. The molecule has 5 nitrogen and oxygen atoms in total. The fraction of sp³-hybridized carbons (Fsp3) is 0.692. The van der Waals surface area contributed by atoms with Crippen LogP contribution in [-0.4, -0.2) is 28.9 Å². The summed E-state index contributed by atoms with van der Waals surface area (Å²) in [4.78, 5) is 11.6. The molecule has 5 heteroatoms. The summed E-state index contributed by atoms with van der Waals surface area (Å²) in [5.74, 6) is -0.171. The minimum atomic E-state index is -0.171. The number of aryl methyl sites for hydroxylation is 1. The first-order valence-corrected chi connectivity index (χ1v) is 6.62. The van der Waals surface area contributed by atoms with Crippen LogP contribution in [-0.2, 0) is 16.1 Å². The maximum atomic E-state index is 11.6. The lowest BCUT2D eigenvalue weighted by Gasteiger charge is -2.16. The van der Waals surface area contributed by atoms with Crippen molar-refractivity contribution in [2.45, 2.75) is 46.2 Å². The normalized spacial score (nSPS) is 12.4. The van der Waals surface area contributed by atoms with Gasteiger partial charge in [0, 0.05) is 24.3 Å². The minimum absolute atomic E-state index is 0.00991.